The van der Waals surface area contributed by atoms with Crippen LogP contribution in [-0.2, 0) is 13.0 Å². The molecule has 0 aliphatic carbocycles. The number of nitrogens with one attached hydrogen (secondary N) is 1. The maximum absolute atomic E-state index is 12.1. The SMILES string of the molecule is O=c1[nH]c2ccccc2n(OCCN2CCc3ccccc3C2)c1=O. The molecule has 0 bridgehead atoms. The van der Waals surface area contributed by atoms with Crippen LogP contribution in [0.3, 0.4) is 0 Å². The van der Waals surface area contributed by atoms with Crippen molar-refractivity contribution in [2.24, 2.45) is 0 Å². The first-order chi connectivity index (χ1) is 12.2. The molecule has 25 heavy (non-hydrogen) atoms. The summed E-state index contributed by atoms with van der Waals surface area (Å²) >= 11 is 0. The molecule has 3 aromatic rings. The zero-order valence-corrected chi connectivity index (χ0v) is 13.8. The molecule has 1 N–H and O–H groups in total. The van der Waals surface area contributed by atoms with Crippen LogP contribution in [0.15, 0.2) is 58.1 Å². The Morgan fingerprint density at radius 2 is 1.76 bits per heavy atom. The van der Waals surface area contributed by atoms with E-state index >= 15 is 0 Å². The van der Waals surface area contributed by atoms with Gasteiger partial charge in [0, 0.05) is 19.6 Å². The van der Waals surface area contributed by atoms with Crippen molar-refractivity contribution in [2.45, 2.75) is 13.0 Å². The van der Waals surface area contributed by atoms with Crippen molar-refractivity contribution in [1.29, 1.82) is 0 Å². The van der Waals surface area contributed by atoms with Crippen molar-refractivity contribution in [3.8, 4) is 0 Å². The number of benzene rings is 2. The largest absolute Gasteiger partial charge is 0.409 e. The van der Waals surface area contributed by atoms with E-state index in [4.69, 9.17) is 4.84 Å². The van der Waals surface area contributed by atoms with Gasteiger partial charge in [-0.2, -0.15) is 0 Å². The Balaban J connectivity index is 1.48. The summed E-state index contributed by atoms with van der Waals surface area (Å²) in [6.45, 7) is 2.88. The quantitative estimate of drug-likeness (QED) is 0.726. The molecule has 4 rings (SSSR count). The van der Waals surface area contributed by atoms with E-state index in [1.54, 1.807) is 18.2 Å². The van der Waals surface area contributed by atoms with Gasteiger partial charge in [0.1, 0.15) is 12.1 Å². The van der Waals surface area contributed by atoms with Gasteiger partial charge in [0.05, 0.1) is 5.52 Å². The van der Waals surface area contributed by atoms with Crippen LogP contribution in [0.25, 0.3) is 11.0 Å². The molecule has 0 saturated carbocycles. The summed E-state index contributed by atoms with van der Waals surface area (Å²) in [6.07, 6.45) is 1.02. The predicted molar refractivity (Wildman–Crippen MR) is 95.7 cm³/mol. The lowest BCUT2D eigenvalue weighted by atomic mass is 10.0. The maximum Gasteiger partial charge on any atom is 0.349 e. The van der Waals surface area contributed by atoms with Crippen LogP contribution in [0.4, 0.5) is 0 Å². The Bertz CT molecular complexity index is 1020. The second-order valence-electron chi connectivity index (χ2n) is 6.20. The number of hydrogen-bond donors (Lipinski definition) is 1. The monoisotopic (exact) mass is 337 g/mol. The lowest BCUT2D eigenvalue weighted by Crippen LogP contribution is -2.42. The van der Waals surface area contributed by atoms with Gasteiger partial charge in [-0.25, -0.2) is 0 Å². The number of para-hydroxylation sites is 2. The fourth-order valence-electron chi connectivity index (χ4n) is 3.27. The molecule has 0 saturated heterocycles. The highest BCUT2D eigenvalue weighted by Gasteiger charge is 2.16. The van der Waals surface area contributed by atoms with E-state index in [0.717, 1.165) is 24.2 Å². The van der Waals surface area contributed by atoms with Gasteiger partial charge in [-0.1, -0.05) is 36.4 Å². The highest BCUT2D eigenvalue weighted by Crippen LogP contribution is 2.17. The summed E-state index contributed by atoms with van der Waals surface area (Å²) in [5, 5.41) is 0. The zero-order chi connectivity index (χ0) is 17.2. The Morgan fingerprint density at radius 1 is 1.00 bits per heavy atom. The summed E-state index contributed by atoms with van der Waals surface area (Å²) in [5.41, 5.74) is 2.52. The third kappa shape index (κ3) is 3.08. The van der Waals surface area contributed by atoms with Gasteiger partial charge in [0.2, 0.25) is 0 Å². The molecule has 6 nitrogen and oxygen atoms in total. The van der Waals surface area contributed by atoms with E-state index < -0.39 is 11.1 Å². The van der Waals surface area contributed by atoms with Gasteiger partial charge in [0.25, 0.3) is 0 Å². The van der Waals surface area contributed by atoms with Crippen LogP contribution in [0.1, 0.15) is 11.1 Å². The molecule has 0 radical (unpaired) electrons. The van der Waals surface area contributed by atoms with Gasteiger partial charge < -0.3 is 9.82 Å². The standard InChI is InChI=1S/C19H19N3O3/c23-18-19(24)22(17-8-4-3-7-16(17)20-18)25-12-11-21-10-9-14-5-1-2-6-15(14)13-21/h1-8H,9-13H2,(H,20,23). The number of rotatable bonds is 4. The number of aromatic nitrogens is 2. The van der Waals surface area contributed by atoms with Crippen molar-refractivity contribution in [3.05, 3.63) is 80.4 Å². The summed E-state index contributed by atoms with van der Waals surface area (Å²) in [7, 11) is 0. The highest BCUT2D eigenvalue weighted by molar-refractivity contribution is 5.73. The molecule has 1 aliphatic heterocycles. The van der Waals surface area contributed by atoms with E-state index in [2.05, 4.69) is 34.1 Å². The van der Waals surface area contributed by atoms with Crippen LogP contribution in [0.2, 0.25) is 0 Å². The highest BCUT2D eigenvalue weighted by atomic mass is 16.7. The molecule has 0 atom stereocenters. The number of H-pyrrole nitrogens is 1. The topological polar surface area (TPSA) is 67.3 Å². The fourth-order valence-corrected chi connectivity index (χ4v) is 3.27. The van der Waals surface area contributed by atoms with E-state index in [1.165, 1.54) is 11.1 Å². The maximum atomic E-state index is 12.1. The first-order valence-corrected chi connectivity index (χ1v) is 8.39. The van der Waals surface area contributed by atoms with Crippen LogP contribution < -0.4 is 16.0 Å². The average Bonchev–Trinajstić information content (AvgIpc) is 2.64. The van der Waals surface area contributed by atoms with Gasteiger partial charge >= 0.3 is 11.1 Å². The number of nitrogens with zero attached hydrogens (tertiary/aromatic N) is 2. The molecule has 2 heterocycles. The average molecular weight is 337 g/mol. The van der Waals surface area contributed by atoms with Crippen LogP contribution >= 0.6 is 0 Å². The van der Waals surface area contributed by atoms with E-state index in [1.807, 2.05) is 6.07 Å². The molecule has 0 fully saturated rings. The smallest absolute Gasteiger partial charge is 0.349 e. The van der Waals surface area contributed by atoms with E-state index in [9.17, 15) is 9.59 Å². The number of aromatic amines is 1. The second kappa shape index (κ2) is 6.57. The van der Waals surface area contributed by atoms with Crippen molar-refractivity contribution in [2.75, 3.05) is 19.7 Å². The molecule has 0 unspecified atom stereocenters. The molecule has 128 valence electrons. The van der Waals surface area contributed by atoms with Gasteiger partial charge in [-0.05, 0) is 29.7 Å². The first kappa shape index (κ1) is 15.7. The Kier molecular flexibility index (Phi) is 4.11. The van der Waals surface area contributed by atoms with Gasteiger partial charge in [-0.15, -0.1) is 4.73 Å². The Hall–Kier alpha value is -2.86. The molecule has 1 aliphatic rings. The number of hydrogen-bond acceptors (Lipinski definition) is 4. The molecular weight excluding hydrogens is 318 g/mol. The minimum absolute atomic E-state index is 0.343. The van der Waals surface area contributed by atoms with Crippen molar-refractivity contribution in [3.63, 3.8) is 0 Å². The fraction of sp³-hybridized carbons (Fsp3) is 0.263. The number of fused-ring (bicyclic) bond motifs is 2. The lowest BCUT2D eigenvalue weighted by Gasteiger charge is -2.28. The minimum atomic E-state index is -0.692. The minimum Gasteiger partial charge on any atom is -0.409 e. The predicted octanol–water partition coefficient (Wildman–Crippen LogP) is 1.18. The Morgan fingerprint density at radius 3 is 2.64 bits per heavy atom. The second-order valence-corrected chi connectivity index (χ2v) is 6.20. The molecule has 2 aromatic carbocycles. The van der Waals surface area contributed by atoms with Gasteiger partial charge in [-0.3, -0.25) is 14.5 Å². The molecule has 1 aromatic heterocycles. The van der Waals surface area contributed by atoms with Crippen molar-refractivity contribution in [1.82, 2.24) is 14.6 Å². The van der Waals surface area contributed by atoms with Crippen molar-refractivity contribution < 1.29 is 4.84 Å². The Labute approximate surface area is 144 Å². The summed E-state index contributed by atoms with van der Waals surface area (Å²) < 4.78 is 1.10. The lowest BCUT2D eigenvalue weighted by molar-refractivity contribution is 0.0828. The first-order valence-electron chi connectivity index (χ1n) is 8.39. The molecule has 0 amide bonds. The van der Waals surface area contributed by atoms with E-state index in [-0.39, 0.29) is 0 Å². The van der Waals surface area contributed by atoms with Crippen LogP contribution in [0, 0.1) is 0 Å². The van der Waals surface area contributed by atoms with E-state index in [0.29, 0.717) is 24.2 Å². The van der Waals surface area contributed by atoms with Crippen molar-refractivity contribution >= 4 is 11.0 Å². The molecule has 0 spiro atoms. The summed E-state index contributed by atoms with van der Waals surface area (Å²) in [4.78, 5) is 34.4. The molecular formula is C19H19N3O3. The third-order valence-electron chi connectivity index (χ3n) is 4.59. The normalized spacial score (nSPS) is 14.4. The summed E-state index contributed by atoms with van der Waals surface area (Å²) in [5.74, 6) is 0. The zero-order valence-electron chi connectivity index (χ0n) is 13.8. The van der Waals surface area contributed by atoms with Crippen LogP contribution in [0.5, 0.6) is 0 Å². The molecule has 6 heteroatoms. The third-order valence-corrected chi connectivity index (χ3v) is 4.59. The van der Waals surface area contributed by atoms with Gasteiger partial charge in [0.15, 0.2) is 0 Å². The summed E-state index contributed by atoms with van der Waals surface area (Å²) in [6, 6.07) is 15.6. The van der Waals surface area contributed by atoms with Crippen LogP contribution in [-0.4, -0.2) is 34.3 Å².